The summed E-state index contributed by atoms with van der Waals surface area (Å²) in [5.41, 5.74) is 6.31. The highest BCUT2D eigenvalue weighted by atomic mass is 19.1. The fourth-order valence-corrected chi connectivity index (χ4v) is 2.81. The topological polar surface area (TPSA) is 99.0 Å². The molecule has 0 unspecified atom stereocenters. The number of amidine groups is 1. The first-order valence-corrected chi connectivity index (χ1v) is 9.16. The molecule has 0 saturated heterocycles. The Bertz CT molecular complexity index is 1260. The summed E-state index contributed by atoms with van der Waals surface area (Å²) in [6.07, 6.45) is 4.99. The van der Waals surface area contributed by atoms with Gasteiger partial charge < -0.3 is 19.8 Å². The lowest BCUT2D eigenvalue weighted by Crippen LogP contribution is -2.10. The van der Waals surface area contributed by atoms with Crippen molar-refractivity contribution in [1.29, 1.82) is 5.41 Å². The van der Waals surface area contributed by atoms with Gasteiger partial charge >= 0.3 is 0 Å². The van der Waals surface area contributed by atoms with Gasteiger partial charge in [-0.2, -0.15) is 4.98 Å². The molecule has 0 aliphatic heterocycles. The van der Waals surface area contributed by atoms with Crippen LogP contribution in [-0.2, 0) is 0 Å². The molecule has 4 aromatic rings. The predicted octanol–water partition coefficient (Wildman–Crippen LogP) is 4.72. The van der Waals surface area contributed by atoms with E-state index in [9.17, 15) is 8.78 Å². The van der Waals surface area contributed by atoms with E-state index in [1.54, 1.807) is 59.7 Å². The Labute approximate surface area is 176 Å². The molecule has 0 atom stereocenters. The summed E-state index contributed by atoms with van der Waals surface area (Å²) in [4.78, 5) is 7.88. The number of aromatic nitrogens is 3. The predicted molar refractivity (Wildman–Crippen MR) is 110 cm³/mol. The summed E-state index contributed by atoms with van der Waals surface area (Å²) < 4.78 is 42.1. The second-order valence-corrected chi connectivity index (χ2v) is 6.59. The van der Waals surface area contributed by atoms with Crippen LogP contribution in [0.3, 0.4) is 0 Å². The number of nitrogens with zero attached hydrogens (tertiary/aromatic N) is 3. The summed E-state index contributed by atoms with van der Waals surface area (Å²) in [6, 6.07) is 13.0. The number of benzene rings is 2. The van der Waals surface area contributed by atoms with Crippen LogP contribution in [-0.4, -0.2) is 20.4 Å². The van der Waals surface area contributed by atoms with Gasteiger partial charge in [0.15, 0.2) is 11.6 Å². The normalized spacial score (nSPS) is 10.7. The lowest BCUT2D eigenvalue weighted by atomic mass is 10.2. The maximum absolute atomic E-state index is 14.7. The maximum atomic E-state index is 14.7. The lowest BCUT2D eigenvalue weighted by molar-refractivity contribution is 0.373. The van der Waals surface area contributed by atoms with E-state index in [0.29, 0.717) is 11.3 Å². The monoisotopic (exact) mass is 421 g/mol. The van der Waals surface area contributed by atoms with E-state index in [2.05, 4.69) is 9.97 Å². The molecule has 0 amide bonds. The number of halogens is 2. The van der Waals surface area contributed by atoms with Crippen LogP contribution in [0.2, 0.25) is 0 Å². The summed E-state index contributed by atoms with van der Waals surface area (Å²) in [5, 5.41) is 7.50. The number of nitrogen functional groups attached to an aromatic ring is 1. The van der Waals surface area contributed by atoms with Gasteiger partial charge in [-0.15, -0.1) is 0 Å². The largest absolute Gasteiger partial charge is 0.436 e. The van der Waals surface area contributed by atoms with Crippen LogP contribution in [0.15, 0.2) is 67.3 Å². The van der Waals surface area contributed by atoms with Gasteiger partial charge in [0, 0.05) is 29.6 Å². The van der Waals surface area contributed by atoms with Gasteiger partial charge in [0.05, 0.1) is 12.0 Å². The average molecular weight is 421 g/mol. The summed E-state index contributed by atoms with van der Waals surface area (Å²) in [5.74, 6) is -2.46. The summed E-state index contributed by atoms with van der Waals surface area (Å²) in [7, 11) is 0. The maximum Gasteiger partial charge on any atom is 0.259 e. The van der Waals surface area contributed by atoms with Gasteiger partial charge in [-0.25, -0.2) is 13.8 Å². The number of rotatable bonds is 6. The first-order chi connectivity index (χ1) is 14.9. The van der Waals surface area contributed by atoms with Gasteiger partial charge in [-0.05, 0) is 31.2 Å². The zero-order valence-corrected chi connectivity index (χ0v) is 16.3. The van der Waals surface area contributed by atoms with Crippen molar-refractivity contribution in [2.45, 2.75) is 6.92 Å². The number of hydrogen-bond acceptors (Lipinski definition) is 5. The molecule has 9 heteroatoms. The molecule has 0 bridgehead atoms. The molecular formula is C22H17F2N5O2. The Hall–Kier alpha value is -4.27. The number of ether oxygens (including phenoxy) is 2. The first-order valence-electron chi connectivity index (χ1n) is 9.16. The van der Waals surface area contributed by atoms with Crippen molar-refractivity contribution < 1.29 is 18.3 Å². The molecular weight excluding hydrogens is 404 g/mol. The third-order valence-electron chi connectivity index (χ3n) is 4.43. The minimum absolute atomic E-state index is 0.170. The van der Waals surface area contributed by atoms with Crippen molar-refractivity contribution in [2.75, 3.05) is 0 Å². The van der Waals surface area contributed by atoms with Crippen LogP contribution in [0.25, 0.3) is 5.69 Å². The fraction of sp³-hybridized carbons (Fsp3) is 0.0455. The molecule has 2 aromatic carbocycles. The molecule has 2 heterocycles. The molecule has 3 N–H and O–H groups in total. The Morgan fingerprint density at radius 1 is 1.00 bits per heavy atom. The summed E-state index contributed by atoms with van der Waals surface area (Å²) >= 11 is 0. The quantitative estimate of drug-likeness (QED) is 0.347. The Morgan fingerprint density at radius 3 is 2.26 bits per heavy atom. The molecule has 0 aliphatic carbocycles. The molecule has 0 spiro atoms. The number of nitrogens with two attached hydrogens (primary N) is 1. The first kappa shape index (κ1) is 20.0. The van der Waals surface area contributed by atoms with E-state index < -0.39 is 23.4 Å². The van der Waals surface area contributed by atoms with Gasteiger partial charge in [0.1, 0.15) is 17.3 Å². The molecule has 31 heavy (non-hydrogen) atoms. The number of nitrogens with one attached hydrogen (secondary N) is 1. The molecule has 156 valence electrons. The number of hydrogen-bond donors (Lipinski definition) is 2. The van der Waals surface area contributed by atoms with E-state index in [1.807, 2.05) is 6.07 Å². The second kappa shape index (κ2) is 8.23. The van der Waals surface area contributed by atoms with Crippen LogP contribution in [0.5, 0.6) is 23.3 Å². The van der Waals surface area contributed by atoms with Crippen molar-refractivity contribution in [1.82, 2.24) is 14.5 Å². The highest BCUT2D eigenvalue weighted by Gasteiger charge is 2.21. The summed E-state index contributed by atoms with van der Waals surface area (Å²) in [6.45, 7) is 1.26. The molecule has 2 aromatic heterocycles. The van der Waals surface area contributed by atoms with E-state index in [4.69, 9.17) is 20.6 Å². The highest BCUT2D eigenvalue weighted by Crippen LogP contribution is 2.33. The number of imidazole rings is 1. The molecule has 4 rings (SSSR count). The average Bonchev–Trinajstić information content (AvgIpc) is 3.31. The van der Waals surface area contributed by atoms with Gasteiger partial charge in [-0.1, -0.05) is 18.2 Å². The lowest BCUT2D eigenvalue weighted by Gasteiger charge is -2.13. The van der Waals surface area contributed by atoms with E-state index >= 15 is 0 Å². The highest BCUT2D eigenvalue weighted by molar-refractivity contribution is 5.95. The second-order valence-electron chi connectivity index (χ2n) is 6.59. The Kier molecular flexibility index (Phi) is 5.31. The SMILES string of the molecule is Cc1c(F)c(Oc2cccc(C(=N)N)c2)nc(Oc2cccc(-n3ccnc3)c2)c1F. The van der Waals surface area contributed by atoms with E-state index in [0.717, 1.165) is 5.69 Å². The minimum Gasteiger partial charge on any atom is -0.436 e. The van der Waals surface area contributed by atoms with Gasteiger partial charge in [-0.3, -0.25) is 5.41 Å². The van der Waals surface area contributed by atoms with Gasteiger partial charge in [0.2, 0.25) is 0 Å². The molecule has 0 saturated carbocycles. The minimum atomic E-state index is -0.953. The van der Waals surface area contributed by atoms with E-state index in [-0.39, 0.29) is 17.1 Å². The molecule has 7 nitrogen and oxygen atoms in total. The zero-order valence-electron chi connectivity index (χ0n) is 16.3. The zero-order chi connectivity index (χ0) is 22.0. The van der Waals surface area contributed by atoms with Gasteiger partial charge in [0.25, 0.3) is 11.8 Å². The van der Waals surface area contributed by atoms with Crippen molar-refractivity contribution in [2.24, 2.45) is 5.73 Å². The van der Waals surface area contributed by atoms with Crippen LogP contribution < -0.4 is 15.2 Å². The van der Waals surface area contributed by atoms with Crippen molar-refractivity contribution >= 4 is 5.84 Å². The molecule has 0 fully saturated rings. The molecule has 0 aliphatic rings. The van der Waals surface area contributed by atoms with Crippen molar-refractivity contribution in [3.05, 3.63) is 90.0 Å². The van der Waals surface area contributed by atoms with Crippen LogP contribution >= 0.6 is 0 Å². The van der Waals surface area contributed by atoms with Crippen molar-refractivity contribution in [3.63, 3.8) is 0 Å². The van der Waals surface area contributed by atoms with Crippen LogP contribution in [0.4, 0.5) is 8.78 Å². The standard InChI is InChI=1S/C22H17F2N5O2/c1-13-18(23)21(30-16-6-2-4-14(10-16)20(25)26)28-22(19(13)24)31-17-7-3-5-15(11-17)29-9-8-27-12-29/h2-12H,1H3,(H3,25,26). The third kappa shape index (κ3) is 4.20. The number of pyridine rings is 1. The Morgan fingerprint density at radius 2 is 1.65 bits per heavy atom. The fourth-order valence-electron chi connectivity index (χ4n) is 2.81. The third-order valence-corrected chi connectivity index (χ3v) is 4.43. The van der Waals surface area contributed by atoms with E-state index in [1.165, 1.54) is 13.0 Å². The molecule has 0 radical (unpaired) electrons. The van der Waals surface area contributed by atoms with Crippen LogP contribution in [0, 0.1) is 24.0 Å². The smallest absolute Gasteiger partial charge is 0.259 e. The van der Waals surface area contributed by atoms with Crippen LogP contribution in [0.1, 0.15) is 11.1 Å². The Balaban J connectivity index is 1.67. The van der Waals surface area contributed by atoms with Crippen molar-refractivity contribution in [3.8, 4) is 28.9 Å².